The number of unbranched alkanes of at least 4 members (excludes halogenated alkanes) is 2. The third-order valence-corrected chi connectivity index (χ3v) is 5.20. The summed E-state index contributed by atoms with van der Waals surface area (Å²) >= 11 is 1.50. The normalized spacial score (nSPS) is 20.6. The molecule has 2 amide bonds. The lowest BCUT2D eigenvalue weighted by Crippen LogP contribution is -2.47. The maximum Gasteiger partial charge on any atom is 0.243 e. The van der Waals surface area contributed by atoms with Crippen molar-refractivity contribution in [2.45, 2.75) is 44.5 Å². The second-order valence-electron chi connectivity index (χ2n) is 5.68. The molecule has 0 saturated carbocycles. The van der Waals surface area contributed by atoms with Crippen molar-refractivity contribution in [3.8, 4) is 0 Å². The molecule has 0 radical (unpaired) electrons. The monoisotopic (exact) mass is 338 g/mol. The van der Waals surface area contributed by atoms with Gasteiger partial charge in [-0.25, -0.2) is 4.39 Å². The average molecular weight is 338 g/mol. The zero-order valence-corrected chi connectivity index (χ0v) is 14.4. The third-order valence-electron chi connectivity index (χ3n) is 3.88. The second kappa shape index (κ2) is 8.34. The Morgan fingerprint density at radius 1 is 1.39 bits per heavy atom. The molecule has 2 rings (SSSR count). The van der Waals surface area contributed by atoms with Gasteiger partial charge in [-0.05, 0) is 24.1 Å². The predicted octanol–water partition coefficient (Wildman–Crippen LogP) is 3.09. The summed E-state index contributed by atoms with van der Waals surface area (Å²) in [5, 5.41) is 2.60. The van der Waals surface area contributed by atoms with Crippen LogP contribution in [0, 0.1) is 5.82 Å². The first-order valence-corrected chi connectivity index (χ1v) is 9.03. The standard InChI is InChI=1S/C17H23FN2O2S/c1-3-4-5-9-19-16(22)15-11-23-17(20(15)12(2)21)13-7-6-8-14(18)10-13/h6-8,10,15,17H,3-5,9,11H2,1-2H3,(H,19,22)/t15-,17+/m1/s1. The van der Waals surface area contributed by atoms with Gasteiger partial charge in [0.25, 0.3) is 0 Å². The summed E-state index contributed by atoms with van der Waals surface area (Å²) in [7, 11) is 0. The summed E-state index contributed by atoms with van der Waals surface area (Å²) in [6, 6.07) is 5.72. The molecule has 126 valence electrons. The maximum atomic E-state index is 13.5. The Bertz CT molecular complexity index is 567. The first-order chi connectivity index (χ1) is 11.0. The molecule has 0 unspecified atom stereocenters. The largest absolute Gasteiger partial charge is 0.354 e. The van der Waals surface area contributed by atoms with Crippen LogP contribution in [-0.2, 0) is 9.59 Å². The molecule has 1 aromatic carbocycles. The smallest absolute Gasteiger partial charge is 0.243 e. The molecule has 1 saturated heterocycles. The van der Waals surface area contributed by atoms with Gasteiger partial charge in [0.15, 0.2) is 0 Å². The number of nitrogens with one attached hydrogen (secondary N) is 1. The van der Waals surface area contributed by atoms with Crippen molar-refractivity contribution in [2.24, 2.45) is 0 Å². The van der Waals surface area contributed by atoms with E-state index in [2.05, 4.69) is 12.2 Å². The van der Waals surface area contributed by atoms with E-state index in [4.69, 9.17) is 0 Å². The SMILES string of the molecule is CCCCCNC(=O)[C@H]1CS[C@@H](c2cccc(F)c2)N1C(C)=O. The van der Waals surface area contributed by atoms with Crippen molar-refractivity contribution in [2.75, 3.05) is 12.3 Å². The van der Waals surface area contributed by atoms with E-state index < -0.39 is 6.04 Å². The van der Waals surface area contributed by atoms with Crippen molar-refractivity contribution >= 4 is 23.6 Å². The fraction of sp³-hybridized carbons (Fsp3) is 0.529. The van der Waals surface area contributed by atoms with E-state index in [0.29, 0.717) is 17.9 Å². The van der Waals surface area contributed by atoms with Crippen LogP contribution in [0.1, 0.15) is 44.0 Å². The zero-order chi connectivity index (χ0) is 16.8. The summed E-state index contributed by atoms with van der Waals surface area (Å²) in [6.45, 7) is 4.19. The molecule has 1 aliphatic rings. The lowest BCUT2D eigenvalue weighted by Gasteiger charge is -2.28. The number of hydrogen-bond donors (Lipinski definition) is 1. The fourth-order valence-electron chi connectivity index (χ4n) is 2.71. The van der Waals surface area contributed by atoms with Gasteiger partial charge in [0.05, 0.1) is 0 Å². The van der Waals surface area contributed by atoms with Crippen molar-refractivity contribution in [1.29, 1.82) is 0 Å². The highest BCUT2D eigenvalue weighted by Crippen LogP contribution is 2.41. The van der Waals surface area contributed by atoms with Crippen LogP contribution in [0.5, 0.6) is 0 Å². The number of carbonyl (C=O) groups is 2. The molecule has 4 nitrogen and oxygen atoms in total. The van der Waals surface area contributed by atoms with Crippen molar-refractivity contribution in [3.63, 3.8) is 0 Å². The van der Waals surface area contributed by atoms with Crippen LogP contribution >= 0.6 is 11.8 Å². The topological polar surface area (TPSA) is 49.4 Å². The minimum atomic E-state index is -0.493. The van der Waals surface area contributed by atoms with Gasteiger partial charge in [-0.3, -0.25) is 9.59 Å². The molecule has 1 heterocycles. The molecule has 0 spiro atoms. The number of carbonyl (C=O) groups excluding carboxylic acids is 2. The van der Waals surface area contributed by atoms with Gasteiger partial charge in [0.1, 0.15) is 17.2 Å². The number of amides is 2. The summed E-state index contributed by atoms with van der Waals surface area (Å²) < 4.78 is 13.5. The third kappa shape index (κ3) is 4.47. The molecule has 0 aromatic heterocycles. The van der Waals surface area contributed by atoms with Crippen LogP contribution in [0.15, 0.2) is 24.3 Å². The molecule has 23 heavy (non-hydrogen) atoms. The highest BCUT2D eigenvalue weighted by molar-refractivity contribution is 7.99. The van der Waals surface area contributed by atoms with Crippen LogP contribution in [0.2, 0.25) is 0 Å². The van der Waals surface area contributed by atoms with E-state index in [-0.39, 0.29) is 23.0 Å². The molecule has 2 atom stereocenters. The quantitative estimate of drug-likeness (QED) is 0.811. The van der Waals surface area contributed by atoms with Crippen LogP contribution in [0.25, 0.3) is 0 Å². The molecule has 1 fully saturated rings. The summed E-state index contributed by atoms with van der Waals surface area (Å²) in [4.78, 5) is 26.0. The van der Waals surface area contributed by atoms with E-state index >= 15 is 0 Å². The minimum absolute atomic E-state index is 0.122. The van der Waals surface area contributed by atoms with Gasteiger partial charge in [-0.2, -0.15) is 0 Å². The Morgan fingerprint density at radius 3 is 2.83 bits per heavy atom. The first-order valence-electron chi connectivity index (χ1n) is 7.98. The predicted molar refractivity (Wildman–Crippen MR) is 90.4 cm³/mol. The van der Waals surface area contributed by atoms with E-state index in [1.165, 1.54) is 30.8 Å². The number of rotatable bonds is 6. The lowest BCUT2D eigenvalue weighted by atomic mass is 10.1. The van der Waals surface area contributed by atoms with Gasteiger partial charge >= 0.3 is 0 Å². The van der Waals surface area contributed by atoms with Crippen LogP contribution < -0.4 is 5.32 Å². The second-order valence-corrected chi connectivity index (χ2v) is 6.79. The summed E-state index contributed by atoms with van der Waals surface area (Å²) in [5.41, 5.74) is 0.714. The highest BCUT2D eigenvalue weighted by Gasteiger charge is 2.40. The average Bonchev–Trinajstić information content (AvgIpc) is 2.96. The summed E-state index contributed by atoms with van der Waals surface area (Å²) in [6.07, 6.45) is 3.11. The number of nitrogens with zero attached hydrogens (tertiary/aromatic N) is 1. The lowest BCUT2D eigenvalue weighted by molar-refractivity contribution is -0.138. The fourth-order valence-corrected chi connectivity index (χ4v) is 4.19. The summed E-state index contributed by atoms with van der Waals surface area (Å²) in [5.74, 6) is -0.0971. The van der Waals surface area contributed by atoms with E-state index in [1.54, 1.807) is 17.0 Å². The molecule has 1 aliphatic heterocycles. The molecular formula is C17H23FN2O2S. The molecule has 1 N–H and O–H groups in total. The molecule has 0 bridgehead atoms. The van der Waals surface area contributed by atoms with Crippen molar-refractivity contribution < 1.29 is 14.0 Å². The Hall–Kier alpha value is -1.56. The van der Waals surface area contributed by atoms with Gasteiger partial charge in [0.2, 0.25) is 11.8 Å². The Balaban J connectivity index is 2.07. The van der Waals surface area contributed by atoms with E-state index in [1.807, 2.05) is 0 Å². The first kappa shape index (κ1) is 17.8. The van der Waals surface area contributed by atoms with Gasteiger partial charge in [-0.1, -0.05) is 31.9 Å². The Labute approximate surface area is 140 Å². The highest BCUT2D eigenvalue weighted by atomic mass is 32.2. The Kier molecular flexibility index (Phi) is 6.45. The number of thioether (sulfide) groups is 1. The maximum absolute atomic E-state index is 13.5. The molecular weight excluding hydrogens is 315 g/mol. The Morgan fingerprint density at radius 2 is 2.17 bits per heavy atom. The zero-order valence-electron chi connectivity index (χ0n) is 13.5. The van der Waals surface area contributed by atoms with E-state index in [9.17, 15) is 14.0 Å². The molecule has 0 aliphatic carbocycles. The minimum Gasteiger partial charge on any atom is -0.354 e. The van der Waals surface area contributed by atoms with Crippen LogP contribution in [-0.4, -0.2) is 35.1 Å². The number of benzene rings is 1. The van der Waals surface area contributed by atoms with Crippen molar-refractivity contribution in [1.82, 2.24) is 10.2 Å². The van der Waals surface area contributed by atoms with Gasteiger partial charge in [0, 0.05) is 19.2 Å². The molecule has 1 aromatic rings. The van der Waals surface area contributed by atoms with Gasteiger partial charge < -0.3 is 10.2 Å². The molecule has 6 heteroatoms. The number of hydrogen-bond acceptors (Lipinski definition) is 3. The van der Waals surface area contributed by atoms with Crippen LogP contribution in [0.4, 0.5) is 4.39 Å². The van der Waals surface area contributed by atoms with E-state index in [0.717, 1.165) is 19.3 Å². The van der Waals surface area contributed by atoms with Gasteiger partial charge in [-0.15, -0.1) is 11.8 Å². The van der Waals surface area contributed by atoms with Crippen LogP contribution in [0.3, 0.4) is 0 Å². The number of halogens is 1. The van der Waals surface area contributed by atoms with Crippen molar-refractivity contribution in [3.05, 3.63) is 35.6 Å².